The lowest BCUT2D eigenvalue weighted by Gasteiger charge is -2.58. The molecule has 0 radical (unpaired) electrons. The zero-order chi connectivity index (χ0) is 30.8. The van der Waals surface area contributed by atoms with Gasteiger partial charge in [-0.15, -0.1) is 0 Å². The molecule has 0 aliphatic heterocycles. The zero-order valence-electron chi connectivity index (χ0n) is 28.9. The number of nitrogens with one attached hydrogen (secondary N) is 1. The van der Waals surface area contributed by atoms with Crippen LogP contribution in [0.5, 0.6) is 0 Å². The minimum atomic E-state index is 0.485. The SMILES string of the molecule is CC.CC(C)=CC(C)C.CC(C)C(C)C1CCC2C3CC=C4CC(SSC/C=C/NCN)CCC4(C)C3CCC12C. The Balaban J connectivity index is 0.000000573. The van der Waals surface area contributed by atoms with Crippen LogP contribution in [0.4, 0.5) is 0 Å². The molecule has 3 fully saturated rings. The molecule has 8 atom stereocenters. The van der Waals surface area contributed by atoms with Crippen LogP contribution in [0.1, 0.15) is 128 Å². The van der Waals surface area contributed by atoms with Crippen molar-refractivity contribution in [3.05, 3.63) is 35.6 Å². The van der Waals surface area contributed by atoms with Crippen molar-refractivity contribution in [2.24, 2.45) is 58.0 Å². The molecule has 0 spiro atoms. The maximum atomic E-state index is 5.47. The van der Waals surface area contributed by atoms with Crippen molar-refractivity contribution in [2.45, 2.75) is 133 Å². The van der Waals surface area contributed by atoms with Gasteiger partial charge in [-0.3, -0.25) is 0 Å². The third-order valence-electron chi connectivity index (χ3n) is 11.2. The summed E-state index contributed by atoms with van der Waals surface area (Å²) >= 11 is 0. The lowest BCUT2D eigenvalue weighted by atomic mass is 9.47. The molecule has 4 heteroatoms. The summed E-state index contributed by atoms with van der Waals surface area (Å²) in [6, 6.07) is 0. The maximum Gasteiger partial charge on any atom is 0.0622 e. The minimum Gasteiger partial charge on any atom is -0.379 e. The van der Waals surface area contributed by atoms with Crippen LogP contribution < -0.4 is 11.1 Å². The van der Waals surface area contributed by atoms with E-state index in [4.69, 9.17) is 5.73 Å². The molecule has 0 bridgehead atoms. The Hall–Kier alpha value is -0.320. The summed E-state index contributed by atoms with van der Waals surface area (Å²) in [5, 5.41) is 3.85. The van der Waals surface area contributed by atoms with Gasteiger partial charge in [0.15, 0.2) is 0 Å². The first-order valence-electron chi connectivity index (χ1n) is 17.1. The van der Waals surface area contributed by atoms with Gasteiger partial charge in [0.25, 0.3) is 0 Å². The van der Waals surface area contributed by atoms with Gasteiger partial charge in [-0.25, -0.2) is 0 Å². The molecule has 0 aromatic rings. The summed E-state index contributed by atoms with van der Waals surface area (Å²) in [6.45, 7) is 26.0. The number of fused-ring (bicyclic) bond motifs is 5. The van der Waals surface area contributed by atoms with Crippen molar-refractivity contribution in [1.82, 2.24) is 5.32 Å². The lowest BCUT2D eigenvalue weighted by molar-refractivity contribution is -0.0524. The molecule has 3 saturated carbocycles. The molecule has 4 aliphatic carbocycles. The molecule has 0 aromatic heterocycles. The van der Waals surface area contributed by atoms with E-state index in [2.05, 4.69) is 96.7 Å². The summed E-state index contributed by atoms with van der Waals surface area (Å²) < 4.78 is 0. The summed E-state index contributed by atoms with van der Waals surface area (Å²) in [7, 11) is 4.14. The zero-order valence-corrected chi connectivity index (χ0v) is 30.5. The third kappa shape index (κ3) is 9.34. The number of nitrogens with two attached hydrogens (primary N) is 1. The molecule has 4 aliphatic rings. The van der Waals surface area contributed by atoms with Gasteiger partial charge in [-0.2, -0.15) is 0 Å². The van der Waals surface area contributed by atoms with E-state index in [1.54, 1.807) is 0 Å². The van der Waals surface area contributed by atoms with Gasteiger partial charge in [0, 0.05) is 11.0 Å². The van der Waals surface area contributed by atoms with Gasteiger partial charge in [0.05, 0.1) is 6.67 Å². The molecular weight excluding hydrogens is 537 g/mol. The summed E-state index contributed by atoms with van der Waals surface area (Å²) in [4.78, 5) is 0. The van der Waals surface area contributed by atoms with Crippen LogP contribution in [0.25, 0.3) is 0 Å². The number of rotatable bonds is 9. The highest BCUT2D eigenvalue weighted by Crippen LogP contribution is 2.67. The second-order valence-corrected chi connectivity index (χ2v) is 17.3. The largest absolute Gasteiger partial charge is 0.379 e. The Bertz CT molecular complexity index is 857. The predicted octanol–water partition coefficient (Wildman–Crippen LogP) is 11.3. The standard InChI is InChI=1S/C28H48N2S2.C7H14.C2H6/c1-19(2)20(3)24-9-10-25-23-8-7-21-17-22(32-31-16-6-15-30-18-29)11-13-27(21,4)26(23)12-14-28(24,25)5;1-6(2)5-7(3)4;1-2/h6-7,15,19-20,22-26,30H,8-14,16-18,29H2,1-5H3;5-6H,1-4H3;1-2H3/b15-6+;;. The molecule has 41 heavy (non-hydrogen) atoms. The highest BCUT2D eigenvalue weighted by molar-refractivity contribution is 8.77. The highest BCUT2D eigenvalue weighted by atomic mass is 33.1. The Morgan fingerprint density at radius 2 is 1.73 bits per heavy atom. The van der Waals surface area contributed by atoms with Crippen LogP contribution >= 0.6 is 21.6 Å². The Morgan fingerprint density at radius 1 is 1.02 bits per heavy atom. The molecule has 2 nitrogen and oxygen atoms in total. The van der Waals surface area contributed by atoms with E-state index in [0.717, 1.165) is 46.5 Å². The van der Waals surface area contributed by atoms with Crippen molar-refractivity contribution < 1.29 is 0 Å². The molecule has 238 valence electrons. The van der Waals surface area contributed by atoms with Crippen LogP contribution in [0.2, 0.25) is 0 Å². The van der Waals surface area contributed by atoms with Crippen LogP contribution in [-0.2, 0) is 0 Å². The van der Waals surface area contributed by atoms with Crippen LogP contribution in [-0.4, -0.2) is 17.7 Å². The van der Waals surface area contributed by atoms with Crippen molar-refractivity contribution in [1.29, 1.82) is 0 Å². The van der Waals surface area contributed by atoms with E-state index >= 15 is 0 Å². The van der Waals surface area contributed by atoms with Gasteiger partial charge >= 0.3 is 0 Å². The summed E-state index contributed by atoms with van der Waals surface area (Å²) in [6.07, 6.45) is 20.6. The van der Waals surface area contributed by atoms with E-state index in [1.165, 1.54) is 56.9 Å². The number of allylic oxidation sites excluding steroid dienone is 4. The summed E-state index contributed by atoms with van der Waals surface area (Å²) in [5.74, 6) is 7.28. The molecule has 3 N–H and O–H groups in total. The quantitative estimate of drug-likeness (QED) is 0.119. The van der Waals surface area contributed by atoms with Crippen molar-refractivity contribution >= 4 is 21.6 Å². The Kier molecular flexibility index (Phi) is 15.5. The minimum absolute atomic E-state index is 0.485. The maximum absolute atomic E-state index is 5.47. The van der Waals surface area contributed by atoms with Crippen LogP contribution in [0.3, 0.4) is 0 Å². The molecule has 4 rings (SSSR count). The van der Waals surface area contributed by atoms with Gasteiger partial charge in [-0.1, -0.05) is 113 Å². The van der Waals surface area contributed by atoms with Gasteiger partial charge in [-0.05, 0) is 124 Å². The number of hydrogen-bond acceptors (Lipinski definition) is 4. The number of hydrogen-bond donors (Lipinski definition) is 2. The Morgan fingerprint density at radius 3 is 2.32 bits per heavy atom. The smallest absolute Gasteiger partial charge is 0.0622 e. The van der Waals surface area contributed by atoms with Gasteiger partial charge < -0.3 is 11.1 Å². The van der Waals surface area contributed by atoms with E-state index < -0.39 is 0 Å². The third-order valence-corrected chi connectivity index (χ3v) is 14.0. The fraction of sp³-hybridized carbons (Fsp3) is 0.838. The fourth-order valence-corrected chi connectivity index (χ4v) is 11.6. The van der Waals surface area contributed by atoms with Crippen LogP contribution in [0, 0.1) is 52.3 Å². The second kappa shape index (κ2) is 17.2. The van der Waals surface area contributed by atoms with Crippen molar-refractivity contribution in [3.63, 3.8) is 0 Å². The van der Waals surface area contributed by atoms with Crippen molar-refractivity contribution in [3.8, 4) is 0 Å². The average molecular weight is 605 g/mol. The van der Waals surface area contributed by atoms with E-state index in [-0.39, 0.29) is 0 Å². The first kappa shape index (κ1) is 36.9. The molecular formula is C37H68N2S2. The fourth-order valence-electron chi connectivity index (χ4n) is 9.12. The normalized spacial score (nSPS) is 34.8. The van der Waals surface area contributed by atoms with E-state index in [1.807, 2.05) is 36.4 Å². The second-order valence-electron chi connectivity index (χ2n) is 14.6. The van der Waals surface area contributed by atoms with Crippen molar-refractivity contribution in [2.75, 3.05) is 12.4 Å². The molecule has 0 amide bonds. The highest BCUT2D eigenvalue weighted by Gasteiger charge is 2.59. The Labute approximate surface area is 264 Å². The summed E-state index contributed by atoms with van der Waals surface area (Å²) in [5.41, 5.74) is 9.80. The monoisotopic (exact) mass is 604 g/mol. The molecule has 0 saturated heterocycles. The van der Waals surface area contributed by atoms with E-state index in [9.17, 15) is 0 Å². The van der Waals surface area contributed by atoms with Gasteiger partial charge in [0.2, 0.25) is 0 Å². The lowest BCUT2D eigenvalue weighted by Crippen LogP contribution is -2.50. The first-order chi connectivity index (χ1) is 19.4. The van der Waals surface area contributed by atoms with E-state index in [0.29, 0.717) is 23.4 Å². The topological polar surface area (TPSA) is 38.0 Å². The first-order valence-corrected chi connectivity index (χ1v) is 19.5. The average Bonchev–Trinajstić information content (AvgIpc) is 3.28. The molecule has 0 heterocycles. The predicted molar refractivity (Wildman–Crippen MR) is 190 cm³/mol. The molecule has 8 unspecified atom stereocenters. The molecule has 0 aromatic carbocycles. The van der Waals surface area contributed by atoms with Gasteiger partial charge in [0.1, 0.15) is 0 Å². The van der Waals surface area contributed by atoms with Crippen LogP contribution in [0.15, 0.2) is 35.6 Å².